The fraction of sp³-hybridized carbons (Fsp3) is 0.200. The largest absolute Gasteiger partial charge is 0.397 e. The molecule has 3 rings (SSSR count). The highest BCUT2D eigenvalue weighted by molar-refractivity contribution is 7.21. The lowest BCUT2D eigenvalue weighted by atomic mass is 10.1. The van der Waals surface area contributed by atoms with Crippen LogP contribution in [0.3, 0.4) is 0 Å². The second-order valence-corrected chi connectivity index (χ2v) is 6.72. The summed E-state index contributed by atoms with van der Waals surface area (Å²) in [4.78, 5) is 20.0. The highest BCUT2D eigenvalue weighted by Gasteiger charge is 2.21. The minimum atomic E-state index is -0.0545. The van der Waals surface area contributed by atoms with Crippen LogP contribution >= 0.6 is 22.7 Å². The number of aromatic nitrogens is 1. The van der Waals surface area contributed by atoms with Crippen molar-refractivity contribution in [1.82, 2.24) is 9.88 Å². The molecule has 6 heteroatoms. The molecular formula is C15H15N3OS2. The van der Waals surface area contributed by atoms with Gasteiger partial charge >= 0.3 is 0 Å². The third-order valence-electron chi connectivity index (χ3n) is 3.38. The number of hydrogen-bond donors (Lipinski definition) is 1. The summed E-state index contributed by atoms with van der Waals surface area (Å²) >= 11 is 2.99. The van der Waals surface area contributed by atoms with Gasteiger partial charge in [0.2, 0.25) is 0 Å². The van der Waals surface area contributed by atoms with Crippen molar-refractivity contribution < 1.29 is 4.79 Å². The van der Waals surface area contributed by atoms with Crippen LogP contribution in [0.1, 0.15) is 20.8 Å². The van der Waals surface area contributed by atoms with E-state index >= 15 is 0 Å². The van der Waals surface area contributed by atoms with E-state index in [1.165, 1.54) is 11.3 Å². The maximum atomic E-state index is 12.6. The van der Waals surface area contributed by atoms with Crippen molar-refractivity contribution in [2.75, 3.05) is 12.8 Å². The zero-order valence-electron chi connectivity index (χ0n) is 11.8. The molecule has 4 nitrogen and oxygen atoms in total. The standard InChI is InChI=1S/C15H15N3OS2/c1-9-3-5-17-14-11(9)12(16)13(21-14)15(19)18(2)7-10-4-6-20-8-10/h3-6,8H,7,16H2,1-2H3. The molecule has 0 bridgehead atoms. The molecule has 3 aromatic heterocycles. The number of hydrogen-bond acceptors (Lipinski definition) is 5. The zero-order chi connectivity index (χ0) is 15.0. The summed E-state index contributed by atoms with van der Waals surface area (Å²) in [6.45, 7) is 2.57. The highest BCUT2D eigenvalue weighted by Crippen LogP contribution is 2.35. The van der Waals surface area contributed by atoms with E-state index in [2.05, 4.69) is 4.98 Å². The Morgan fingerprint density at radius 1 is 1.43 bits per heavy atom. The first-order valence-electron chi connectivity index (χ1n) is 6.48. The Hall–Kier alpha value is -1.92. The number of nitrogens with zero attached hydrogens (tertiary/aromatic N) is 2. The van der Waals surface area contributed by atoms with Crippen molar-refractivity contribution in [3.05, 3.63) is 45.1 Å². The van der Waals surface area contributed by atoms with E-state index in [1.54, 1.807) is 29.5 Å². The van der Waals surface area contributed by atoms with Crippen molar-refractivity contribution in [3.63, 3.8) is 0 Å². The van der Waals surface area contributed by atoms with Crippen LogP contribution in [-0.4, -0.2) is 22.8 Å². The van der Waals surface area contributed by atoms with E-state index in [0.717, 1.165) is 21.3 Å². The maximum absolute atomic E-state index is 12.6. The summed E-state index contributed by atoms with van der Waals surface area (Å²) in [5.41, 5.74) is 8.90. The van der Waals surface area contributed by atoms with E-state index in [0.29, 0.717) is 17.1 Å². The fourth-order valence-corrected chi connectivity index (χ4v) is 4.06. The molecule has 0 aliphatic rings. The number of amides is 1. The fourth-order valence-electron chi connectivity index (χ4n) is 2.26. The van der Waals surface area contributed by atoms with Gasteiger partial charge in [-0.15, -0.1) is 11.3 Å². The molecule has 0 aromatic carbocycles. The van der Waals surface area contributed by atoms with Crippen LogP contribution in [0.4, 0.5) is 5.69 Å². The molecule has 1 amide bonds. The molecule has 0 fully saturated rings. The molecule has 108 valence electrons. The van der Waals surface area contributed by atoms with Crippen molar-refractivity contribution >= 4 is 44.5 Å². The van der Waals surface area contributed by atoms with Gasteiger partial charge in [0.25, 0.3) is 5.91 Å². The number of pyridine rings is 1. The first-order valence-corrected chi connectivity index (χ1v) is 8.24. The van der Waals surface area contributed by atoms with Crippen molar-refractivity contribution in [1.29, 1.82) is 0 Å². The molecule has 3 aromatic rings. The summed E-state index contributed by atoms with van der Waals surface area (Å²) < 4.78 is 0. The Balaban J connectivity index is 1.94. The SMILES string of the molecule is Cc1ccnc2sc(C(=O)N(C)Cc3ccsc3)c(N)c12. The molecule has 0 aliphatic carbocycles. The van der Waals surface area contributed by atoms with E-state index < -0.39 is 0 Å². The van der Waals surface area contributed by atoms with Crippen molar-refractivity contribution in [2.24, 2.45) is 0 Å². The lowest BCUT2D eigenvalue weighted by Crippen LogP contribution is -2.25. The van der Waals surface area contributed by atoms with Crippen LogP contribution in [-0.2, 0) is 6.54 Å². The first-order chi connectivity index (χ1) is 10.1. The smallest absolute Gasteiger partial charge is 0.266 e. The number of nitrogen functional groups attached to an aromatic ring is 1. The molecule has 0 aliphatic heterocycles. The molecule has 2 N–H and O–H groups in total. The predicted molar refractivity (Wildman–Crippen MR) is 88.9 cm³/mol. The molecule has 3 heterocycles. The second-order valence-electron chi connectivity index (χ2n) is 4.95. The van der Waals surface area contributed by atoms with Gasteiger partial charge in [-0.3, -0.25) is 4.79 Å². The van der Waals surface area contributed by atoms with Crippen LogP contribution in [0.2, 0.25) is 0 Å². The Morgan fingerprint density at radius 3 is 2.90 bits per heavy atom. The van der Waals surface area contributed by atoms with Crippen LogP contribution < -0.4 is 5.73 Å². The van der Waals surface area contributed by atoms with E-state index in [4.69, 9.17) is 5.73 Å². The normalized spacial score (nSPS) is 11.0. The Morgan fingerprint density at radius 2 is 2.24 bits per heavy atom. The van der Waals surface area contributed by atoms with Gasteiger partial charge < -0.3 is 10.6 Å². The quantitative estimate of drug-likeness (QED) is 0.804. The minimum absolute atomic E-state index is 0.0545. The number of carbonyl (C=O) groups excluding carboxylic acids is 1. The van der Waals surface area contributed by atoms with Crippen molar-refractivity contribution in [2.45, 2.75) is 13.5 Å². The molecule has 0 spiro atoms. The average molecular weight is 317 g/mol. The van der Waals surface area contributed by atoms with Gasteiger partial charge in [-0.1, -0.05) is 0 Å². The summed E-state index contributed by atoms with van der Waals surface area (Å²) in [6.07, 6.45) is 1.75. The zero-order valence-corrected chi connectivity index (χ0v) is 13.4. The summed E-state index contributed by atoms with van der Waals surface area (Å²) in [5, 5.41) is 4.95. The van der Waals surface area contributed by atoms with Gasteiger partial charge in [0.1, 0.15) is 9.71 Å². The number of anilines is 1. The Labute approximate surface area is 130 Å². The van der Waals surface area contributed by atoms with E-state index in [1.807, 2.05) is 29.8 Å². The Bertz CT molecular complexity index is 793. The molecule has 0 saturated carbocycles. The molecule has 0 unspecified atom stereocenters. The molecule has 0 saturated heterocycles. The van der Waals surface area contributed by atoms with Crippen molar-refractivity contribution in [3.8, 4) is 0 Å². The van der Waals surface area contributed by atoms with Crippen LogP contribution in [0.5, 0.6) is 0 Å². The summed E-state index contributed by atoms with van der Waals surface area (Å²) in [7, 11) is 1.80. The van der Waals surface area contributed by atoms with Crippen LogP contribution in [0.15, 0.2) is 29.1 Å². The van der Waals surface area contributed by atoms with Gasteiger partial charge in [0, 0.05) is 25.2 Å². The van der Waals surface area contributed by atoms with E-state index in [9.17, 15) is 4.79 Å². The number of nitrogens with two attached hydrogens (primary N) is 1. The van der Waals surface area contributed by atoms with Crippen LogP contribution in [0, 0.1) is 6.92 Å². The van der Waals surface area contributed by atoms with E-state index in [-0.39, 0.29) is 5.91 Å². The third kappa shape index (κ3) is 2.52. The molecule has 0 radical (unpaired) electrons. The monoisotopic (exact) mass is 317 g/mol. The van der Waals surface area contributed by atoms with Gasteiger partial charge in [0.15, 0.2) is 0 Å². The maximum Gasteiger partial charge on any atom is 0.266 e. The summed E-state index contributed by atoms with van der Waals surface area (Å²) in [6, 6.07) is 3.93. The Kier molecular flexibility index (Phi) is 3.65. The topological polar surface area (TPSA) is 59.2 Å². The third-order valence-corrected chi connectivity index (χ3v) is 5.21. The first kappa shape index (κ1) is 14.0. The lowest BCUT2D eigenvalue weighted by Gasteiger charge is -2.15. The molecular weight excluding hydrogens is 302 g/mol. The van der Waals surface area contributed by atoms with Gasteiger partial charge in [-0.25, -0.2) is 4.98 Å². The predicted octanol–water partition coefficient (Wildman–Crippen LogP) is 3.52. The van der Waals surface area contributed by atoms with Gasteiger partial charge in [-0.05, 0) is 40.9 Å². The number of carbonyl (C=O) groups is 1. The lowest BCUT2D eigenvalue weighted by molar-refractivity contribution is 0.0791. The molecule has 21 heavy (non-hydrogen) atoms. The summed E-state index contributed by atoms with van der Waals surface area (Å²) in [5.74, 6) is -0.0545. The highest BCUT2D eigenvalue weighted by atomic mass is 32.1. The number of fused-ring (bicyclic) bond motifs is 1. The van der Waals surface area contributed by atoms with Gasteiger partial charge in [0.05, 0.1) is 5.69 Å². The minimum Gasteiger partial charge on any atom is -0.397 e. The van der Waals surface area contributed by atoms with Gasteiger partial charge in [-0.2, -0.15) is 11.3 Å². The average Bonchev–Trinajstić information content (AvgIpc) is 3.07. The molecule has 0 atom stereocenters. The number of rotatable bonds is 3. The number of thiophene rings is 2. The second kappa shape index (κ2) is 5.46. The number of aryl methyl sites for hydroxylation is 1. The van der Waals surface area contributed by atoms with Crippen LogP contribution in [0.25, 0.3) is 10.2 Å².